The lowest BCUT2D eigenvalue weighted by Crippen LogP contribution is -1.72. The van der Waals surface area contributed by atoms with Crippen molar-refractivity contribution in [2.75, 3.05) is 0 Å². The van der Waals surface area contributed by atoms with E-state index in [0.29, 0.717) is 4.47 Å². The Hall–Kier alpha value is -0.870. The molecule has 68 valence electrons. The molecular weight excluding hydrogens is 208 g/mol. The molecule has 13 heavy (non-hydrogen) atoms. The Bertz CT molecular complexity index is 410. The topological polar surface area (TPSA) is 38.9 Å². The van der Waals surface area contributed by atoms with Crippen molar-refractivity contribution in [2.24, 2.45) is 0 Å². The Morgan fingerprint density at radius 2 is 2.31 bits per heavy atom. The number of furan rings is 1. The molecule has 0 atom stereocenters. The highest BCUT2D eigenvalue weighted by Gasteiger charge is 2.08. The van der Waals surface area contributed by atoms with E-state index in [9.17, 15) is 0 Å². The van der Waals surface area contributed by atoms with Crippen molar-refractivity contribution in [2.45, 2.75) is 13.3 Å². The SMILES string of the molecule is CCc1ccc(-c2nnc(Cl)s2)o1. The number of rotatable bonds is 2. The summed E-state index contributed by atoms with van der Waals surface area (Å²) < 4.78 is 5.92. The normalized spacial score (nSPS) is 10.6. The zero-order valence-corrected chi connectivity index (χ0v) is 8.52. The molecule has 5 heteroatoms. The van der Waals surface area contributed by atoms with Gasteiger partial charge in [-0.05, 0) is 23.7 Å². The van der Waals surface area contributed by atoms with E-state index in [1.165, 1.54) is 11.3 Å². The summed E-state index contributed by atoms with van der Waals surface area (Å²) in [6, 6.07) is 3.82. The van der Waals surface area contributed by atoms with Gasteiger partial charge in [0.05, 0.1) is 0 Å². The summed E-state index contributed by atoms with van der Waals surface area (Å²) in [6.45, 7) is 2.04. The van der Waals surface area contributed by atoms with Crippen LogP contribution in [0.25, 0.3) is 10.8 Å². The van der Waals surface area contributed by atoms with Crippen LogP contribution in [0.5, 0.6) is 0 Å². The molecule has 2 aromatic heterocycles. The predicted octanol–water partition coefficient (Wildman–Crippen LogP) is 3.01. The van der Waals surface area contributed by atoms with E-state index in [4.69, 9.17) is 16.0 Å². The molecule has 3 nitrogen and oxygen atoms in total. The smallest absolute Gasteiger partial charge is 0.207 e. The summed E-state index contributed by atoms with van der Waals surface area (Å²) >= 11 is 6.97. The lowest BCUT2D eigenvalue weighted by molar-refractivity contribution is 0.528. The van der Waals surface area contributed by atoms with E-state index < -0.39 is 0 Å². The first-order chi connectivity index (χ1) is 6.29. The monoisotopic (exact) mass is 214 g/mol. The lowest BCUT2D eigenvalue weighted by Gasteiger charge is -1.87. The molecule has 0 aliphatic rings. The summed E-state index contributed by atoms with van der Waals surface area (Å²) in [5.41, 5.74) is 0. The molecule has 0 spiro atoms. The van der Waals surface area contributed by atoms with Gasteiger partial charge in [-0.2, -0.15) is 0 Å². The van der Waals surface area contributed by atoms with E-state index in [1.807, 2.05) is 19.1 Å². The minimum Gasteiger partial charge on any atom is -0.459 e. The van der Waals surface area contributed by atoms with Gasteiger partial charge in [0, 0.05) is 6.42 Å². The van der Waals surface area contributed by atoms with Gasteiger partial charge in [0.1, 0.15) is 5.76 Å². The Kier molecular flexibility index (Phi) is 2.33. The molecule has 0 aliphatic heterocycles. The van der Waals surface area contributed by atoms with Gasteiger partial charge in [0.2, 0.25) is 4.47 Å². The molecule has 0 radical (unpaired) electrons. The van der Waals surface area contributed by atoms with Gasteiger partial charge in [-0.1, -0.05) is 18.3 Å². The fourth-order valence-corrected chi connectivity index (χ4v) is 1.78. The number of hydrogen-bond donors (Lipinski definition) is 0. The molecule has 0 unspecified atom stereocenters. The number of aryl methyl sites for hydroxylation is 1. The van der Waals surface area contributed by atoms with Gasteiger partial charge < -0.3 is 4.42 Å². The molecule has 0 aliphatic carbocycles. The second kappa shape index (κ2) is 3.47. The second-order valence-corrected chi connectivity index (χ2v) is 4.04. The average Bonchev–Trinajstić information content (AvgIpc) is 2.71. The van der Waals surface area contributed by atoms with Gasteiger partial charge >= 0.3 is 0 Å². The van der Waals surface area contributed by atoms with Crippen LogP contribution in [0, 0.1) is 0 Å². The Balaban J connectivity index is 2.35. The van der Waals surface area contributed by atoms with Gasteiger partial charge in [0.15, 0.2) is 10.8 Å². The van der Waals surface area contributed by atoms with E-state index in [-0.39, 0.29) is 0 Å². The van der Waals surface area contributed by atoms with E-state index in [2.05, 4.69) is 10.2 Å². The zero-order valence-electron chi connectivity index (χ0n) is 6.95. The molecule has 0 saturated heterocycles. The zero-order chi connectivity index (χ0) is 9.26. The standard InChI is InChI=1S/C8H7ClN2OS/c1-2-5-3-4-6(12-5)7-10-11-8(9)13-7/h3-4H,2H2,1H3. The third-order valence-electron chi connectivity index (χ3n) is 1.62. The van der Waals surface area contributed by atoms with Crippen molar-refractivity contribution in [1.82, 2.24) is 10.2 Å². The molecule has 0 fully saturated rings. The highest BCUT2D eigenvalue weighted by molar-refractivity contribution is 7.18. The Labute approximate surface area is 84.4 Å². The number of nitrogens with zero attached hydrogens (tertiary/aromatic N) is 2. The number of hydrogen-bond acceptors (Lipinski definition) is 4. The van der Waals surface area contributed by atoms with Gasteiger partial charge in [0.25, 0.3) is 0 Å². The third kappa shape index (κ3) is 1.73. The quantitative estimate of drug-likeness (QED) is 0.772. The summed E-state index contributed by atoms with van der Waals surface area (Å²) in [5.74, 6) is 1.68. The van der Waals surface area contributed by atoms with E-state index in [0.717, 1.165) is 22.9 Å². The minimum absolute atomic E-state index is 0.435. The molecular formula is C8H7ClN2OS. The van der Waals surface area contributed by atoms with Crippen molar-refractivity contribution >= 4 is 22.9 Å². The van der Waals surface area contributed by atoms with Crippen LogP contribution in [0.15, 0.2) is 16.5 Å². The maximum atomic E-state index is 5.65. The average molecular weight is 215 g/mol. The van der Waals surface area contributed by atoms with Crippen molar-refractivity contribution < 1.29 is 4.42 Å². The third-order valence-corrected chi connectivity index (χ3v) is 2.65. The van der Waals surface area contributed by atoms with Crippen LogP contribution in [0.2, 0.25) is 4.47 Å². The summed E-state index contributed by atoms with van der Waals surface area (Å²) in [6.07, 6.45) is 0.881. The number of halogens is 1. The van der Waals surface area contributed by atoms with Crippen molar-refractivity contribution in [3.8, 4) is 10.8 Å². The highest BCUT2D eigenvalue weighted by Crippen LogP contribution is 2.27. The molecule has 0 aromatic carbocycles. The van der Waals surface area contributed by atoms with E-state index >= 15 is 0 Å². The van der Waals surface area contributed by atoms with Crippen LogP contribution in [0.3, 0.4) is 0 Å². The Morgan fingerprint density at radius 1 is 1.46 bits per heavy atom. The van der Waals surface area contributed by atoms with Crippen LogP contribution in [0.4, 0.5) is 0 Å². The maximum absolute atomic E-state index is 5.65. The van der Waals surface area contributed by atoms with Crippen LogP contribution >= 0.6 is 22.9 Å². The molecule has 2 heterocycles. The minimum atomic E-state index is 0.435. The molecule has 2 aromatic rings. The highest BCUT2D eigenvalue weighted by atomic mass is 35.5. The fraction of sp³-hybridized carbons (Fsp3) is 0.250. The number of aromatic nitrogens is 2. The first-order valence-corrected chi connectivity index (χ1v) is 5.07. The molecule has 0 amide bonds. The first kappa shape index (κ1) is 8.72. The van der Waals surface area contributed by atoms with Crippen molar-refractivity contribution in [1.29, 1.82) is 0 Å². The summed E-state index contributed by atoms with van der Waals surface area (Å²) in [5, 5.41) is 8.31. The van der Waals surface area contributed by atoms with Crippen LogP contribution < -0.4 is 0 Å². The lowest BCUT2D eigenvalue weighted by atomic mass is 10.4. The van der Waals surface area contributed by atoms with Crippen LogP contribution in [-0.2, 0) is 6.42 Å². The van der Waals surface area contributed by atoms with Gasteiger partial charge in [-0.25, -0.2) is 0 Å². The fourth-order valence-electron chi connectivity index (χ4n) is 0.988. The largest absolute Gasteiger partial charge is 0.459 e. The maximum Gasteiger partial charge on any atom is 0.207 e. The van der Waals surface area contributed by atoms with Crippen LogP contribution in [-0.4, -0.2) is 10.2 Å². The van der Waals surface area contributed by atoms with Crippen molar-refractivity contribution in [3.05, 3.63) is 22.4 Å². The predicted molar refractivity (Wildman–Crippen MR) is 52.0 cm³/mol. The Morgan fingerprint density at radius 3 is 2.85 bits per heavy atom. The summed E-state index contributed by atoms with van der Waals surface area (Å²) in [4.78, 5) is 0. The molecule has 0 N–H and O–H groups in total. The molecule has 0 bridgehead atoms. The second-order valence-electron chi connectivity index (χ2n) is 2.48. The van der Waals surface area contributed by atoms with Crippen LogP contribution in [0.1, 0.15) is 12.7 Å². The molecule has 2 rings (SSSR count). The van der Waals surface area contributed by atoms with Gasteiger partial charge in [-0.3, -0.25) is 0 Å². The first-order valence-electron chi connectivity index (χ1n) is 3.87. The summed E-state index contributed by atoms with van der Waals surface area (Å²) in [7, 11) is 0. The van der Waals surface area contributed by atoms with Crippen molar-refractivity contribution in [3.63, 3.8) is 0 Å². The molecule has 0 saturated carbocycles. The van der Waals surface area contributed by atoms with Gasteiger partial charge in [-0.15, -0.1) is 10.2 Å². The van der Waals surface area contributed by atoms with E-state index in [1.54, 1.807) is 0 Å².